The second kappa shape index (κ2) is 5.47. The Hall–Kier alpha value is -1.32. The van der Waals surface area contributed by atoms with Crippen molar-refractivity contribution in [1.29, 1.82) is 0 Å². The van der Waals surface area contributed by atoms with Crippen molar-refractivity contribution < 1.29 is 31.5 Å². The summed E-state index contributed by atoms with van der Waals surface area (Å²) in [5.41, 5.74) is -3.11. The van der Waals surface area contributed by atoms with Crippen LogP contribution in [0, 0.1) is 0 Å². The van der Waals surface area contributed by atoms with E-state index in [1.165, 1.54) is 0 Å². The van der Waals surface area contributed by atoms with Gasteiger partial charge >= 0.3 is 12.1 Å². The van der Waals surface area contributed by atoms with Crippen LogP contribution in [0.25, 0.3) is 0 Å². The van der Waals surface area contributed by atoms with Crippen molar-refractivity contribution in [3.05, 3.63) is 28.8 Å². The molecule has 2 N–H and O–H groups in total. The van der Waals surface area contributed by atoms with Crippen molar-refractivity contribution in [2.75, 3.05) is 0 Å². The SMILES string of the molecule is CC(C)(NS(=O)(=O)c1cc(C(F)(F)F)ccc1Cl)C(=O)O. The lowest BCUT2D eigenvalue weighted by Gasteiger charge is -2.21. The number of hydrogen-bond acceptors (Lipinski definition) is 3. The molecule has 10 heteroatoms. The fourth-order valence-corrected chi connectivity index (χ4v) is 3.22. The number of halogens is 4. The molecule has 0 saturated heterocycles. The molecule has 21 heavy (non-hydrogen) atoms. The fraction of sp³-hybridized carbons (Fsp3) is 0.364. The molecule has 0 saturated carbocycles. The molecule has 0 amide bonds. The summed E-state index contributed by atoms with van der Waals surface area (Å²) in [5, 5.41) is 8.42. The Morgan fingerprint density at radius 3 is 2.24 bits per heavy atom. The molecule has 1 rings (SSSR count). The molecule has 0 heterocycles. The summed E-state index contributed by atoms with van der Waals surface area (Å²) in [6.45, 7) is 2.10. The fourth-order valence-electron chi connectivity index (χ4n) is 1.32. The molecule has 1 aromatic carbocycles. The van der Waals surface area contributed by atoms with Crippen LogP contribution < -0.4 is 4.72 Å². The predicted octanol–water partition coefficient (Wildman–Crippen LogP) is 2.50. The second-order valence-corrected chi connectivity index (χ2v) is 6.74. The lowest BCUT2D eigenvalue weighted by atomic mass is 10.1. The van der Waals surface area contributed by atoms with Gasteiger partial charge in [-0.3, -0.25) is 4.79 Å². The molecule has 0 aromatic heterocycles. The van der Waals surface area contributed by atoms with Crippen molar-refractivity contribution >= 4 is 27.6 Å². The number of hydrogen-bond donors (Lipinski definition) is 2. The molecule has 5 nitrogen and oxygen atoms in total. The highest BCUT2D eigenvalue weighted by molar-refractivity contribution is 7.89. The maximum absolute atomic E-state index is 12.6. The van der Waals surface area contributed by atoms with Crippen molar-refractivity contribution in [3.63, 3.8) is 0 Å². The van der Waals surface area contributed by atoms with Gasteiger partial charge in [0, 0.05) is 0 Å². The van der Waals surface area contributed by atoms with Crippen LogP contribution in [0.1, 0.15) is 19.4 Å². The summed E-state index contributed by atoms with van der Waals surface area (Å²) >= 11 is 5.61. The first-order chi connectivity index (χ1) is 9.27. The molecule has 118 valence electrons. The maximum atomic E-state index is 12.6. The zero-order valence-electron chi connectivity index (χ0n) is 10.8. The minimum Gasteiger partial charge on any atom is -0.480 e. The van der Waals surface area contributed by atoms with Gasteiger partial charge in [0.15, 0.2) is 0 Å². The quantitative estimate of drug-likeness (QED) is 0.878. The highest BCUT2D eigenvalue weighted by atomic mass is 35.5. The van der Waals surface area contributed by atoms with Crippen molar-refractivity contribution in [1.82, 2.24) is 4.72 Å². The number of sulfonamides is 1. The molecule has 0 fully saturated rings. The summed E-state index contributed by atoms with van der Waals surface area (Å²) in [7, 11) is -4.54. The molecule has 0 radical (unpaired) electrons. The van der Waals surface area contributed by atoms with Crippen LogP contribution in [0.15, 0.2) is 23.1 Å². The monoisotopic (exact) mass is 345 g/mol. The number of carboxylic acids is 1. The normalized spacial score (nSPS) is 13.2. The first-order valence-corrected chi connectivity index (χ1v) is 7.27. The van der Waals surface area contributed by atoms with E-state index < -0.39 is 43.2 Å². The zero-order chi connectivity index (χ0) is 16.6. The Kier molecular flexibility index (Phi) is 4.62. The summed E-state index contributed by atoms with van der Waals surface area (Å²) in [5.74, 6) is -1.49. The van der Waals surface area contributed by atoms with Crippen LogP contribution in [-0.2, 0) is 21.0 Å². The molecule has 0 bridgehead atoms. The summed E-state index contributed by atoms with van der Waals surface area (Å²) in [6, 6.07) is 1.76. The van der Waals surface area contributed by atoms with Crippen LogP contribution in [0.5, 0.6) is 0 Å². The number of nitrogens with one attached hydrogen (secondary N) is 1. The standard InChI is InChI=1S/C11H11ClF3NO4S/c1-10(2,9(17)18)16-21(19,20)8-5-6(11(13,14)15)3-4-7(8)12/h3-5,16H,1-2H3,(H,17,18). The topological polar surface area (TPSA) is 83.5 Å². The molecule has 1 aromatic rings. The first-order valence-electron chi connectivity index (χ1n) is 5.41. The third-order valence-electron chi connectivity index (χ3n) is 2.47. The second-order valence-electron chi connectivity index (χ2n) is 4.68. The minimum absolute atomic E-state index is 0.350. The van der Waals surface area contributed by atoms with Gasteiger partial charge in [-0.1, -0.05) is 11.6 Å². The molecular formula is C11H11ClF3NO4S. The molecule has 0 atom stereocenters. The molecule has 0 aliphatic carbocycles. The molecule has 0 spiro atoms. The van der Waals surface area contributed by atoms with E-state index in [1.807, 2.05) is 0 Å². The van der Waals surface area contributed by atoms with Gasteiger partial charge < -0.3 is 5.11 Å². The van der Waals surface area contributed by atoms with Gasteiger partial charge in [-0.2, -0.15) is 17.9 Å². The van der Waals surface area contributed by atoms with Crippen molar-refractivity contribution in [2.24, 2.45) is 0 Å². The number of carbonyl (C=O) groups is 1. The summed E-state index contributed by atoms with van der Waals surface area (Å²) in [6.07, 6.45) is -4.75. The van der Waals surface area contributed by atoms with Crippen LogP contribution in [0.3, 0.4) is 0 Å². The van der Waals surface area contributed by atoms with Gasteiger partial charge in [0.05, 0.1) is 10.6 Å². The van der Waals surface area contributed by atoms with E-state index in [2.05, 4.69) is 0 Å². The zero-order valence-corrected chi connectivity index (χ0v) is 12.4. The first kappa shape index (κ1) is 17.7. The Balaban J connectivity index is 3.36. The van der Waals surface area contributed by atoms with Gasteiger partial charge in [-0.15, -0.1) is 0 Å². The van der Waals surface area contributed by atoms with E-state index in [4.69, 9.17) is 16.7 Å². The molecular weight excluding hydrogens is 335 g/mol. The highest BCUT2D eigenvalue weighted by Crippen LogP contribution is 2.33. The van der Waals surface area contributed by atoms with Crippen LogP contribution >= 0.6 is 11.6 Å². The Morgan fingerprint density at radius 1 is 1.29 bits per heavy atom. The van der Waals surface area contributed by atoms with Crippen LogP contribution in [-0.4, -0.2) is 25.0 Å². The van der Waals surface area contributed by atoms with Gasteiger partial charge in [-0.25, -0.2) is 8.42 Å². The van der Waals surface area contributed by atoms with E-state index in [0.29, 0.717) is 12.1 Å². The lowest BCUT2D eigenvalue weighted by molar-refractivity contribution is -0.142. The summed E-state index contributed by atoms with van der Waals surface area (Å²) < 4.78 is 63.6. The molecule has 0 aliphatic heterocycles. The number of aliphatic carboxylic acids is 1. The van der Waals surface area contributed by atoms with Gasteiger partial charge in [0.2, 0.25) is 10.0 Å². The summed E-state index contributed by atoms with van der Waals surface area (Å²) in [4.78, 5) is 10.1. The van der Waals surface area contributed by atoms with E-state index in [0.717, 1.165) is 19.9 Å². The van der Waals surface area contributed by atoms with Crippen molar-refractivity contribution in [2.45, 2.75) is 30.5 Å². The molecule has 0 unspecified atom stereocenters. The Labute approximate surface area is 123 Å². The van der Waals surface area contributed by atoms with Crippen LogP contribution in [0.4, 0.5) is 13.2 Å². The average molecular weight is 346 g/mol. The van der Waals surface area contributed by atoms with Gasteiger partial charge in [0.1, 0.15) is 10.4 Å². The van der Waals surface area contributed by atoms with E-state index in [9.17, 15) is 26.4 Å². The minimum atomic E-state index is -4.75. The smallest absolute Gasteiger partial charge is 0.416 e. The number of carboxylic acid groups (broad SMARTS) is 1. The van der Waals surface area contributed by atoms with Crippen molar-refractivity contribution in [3.8, 4) is 0 Å². The predicted molar refractivity (Wildman–Crippen MR) is 68.5 cm³/mol. The Bertz CT molecular complexity index is 671. The third kappa shape index (κ3) is 4.08. The van der Waals surface area contributed by atoms with Gasteiger partial charge in [0.25, 0.3) is 0 Å². The number of benzene rings is 1. The maximum Gasteiger partial charge on any atom is 0.416 e. The van der Waals surface area contributed by atoms with E-state index >= 15 is 0 Å². The largest absolute Gasteiger partial charge is 0.480 e. The number of alkyl halides is 3. The van der Waals surface area contributed by atoms with E-state index in [-0.39, 0.29) is 0 Å². The molecule has 0 aliphatic rings. The lowest BCUT2D eigenvalue weighted by Crippen LogP contribution is -2.49. The average Bonchev–Trinajstić information content (AvgIpc) is 2.25. The Morgan fingerprint density at radius 2 is 1.81 bits per heavy atom. The van der Waals surface area contributed by atoms with E-state index in [1.54, 1.807) is 4.72 Å². The third-order valence-corrected chi connectivity index (χ3v) is 4.61. The number of rotatable bonds is 4. The van der Waals surface area contributed by atoms with Crippen LogP contribution in [0.2, 0.25) is 5.02 Å². The van der Waals surface area contributed by atoms with Gasteiger partial charge in [-0.05, 0) is 32.0 Å². The highest BCUT2D eigenvalue weighted by Gasteiger charge is 2.36.